The van der Waals surface area contributed by atoms with Gasteiger partial charge in [-0.15, -0.1) is 11.6 Å². The minimum Gasteiger partial charge on any atom is -0.339 e. The minimum absolute atomic E-state index is 0.0878. The lowest BCUT2D eigenvalue weighted by Crippen LogP contribution is -2.40. The van der Waals surface area contributed by atoms with Crippen molar-refractivity contribution in [3.8, 4) is 0 Å². The van der Waals surface area contributed by atoms with Gasteiger partial charge in [0.1, 0.15) is 5.82 Å². The van der Waals surface area contributed by atoms with E-state index < -0.39 is 0 Å². The van der Waals surface area contributed by atoms with E-state index in [-0.39, 0.29) is 17.1 Å². The number of likely N-dealkylation sites (tertiary alicyclic amines) is 1. The van der Waals surface area contributed by atoms with Crippen LogP contribution in [0.15, 0.2) is 24.3 Å². The van der Waals surface area contributed by atoms with E-state index in [1.807, 2.05) is 6.92 Å². The summed E-state index contributed by atoms with van der Waals surface area (Å²) in [5.41, 5.74) is 0.423. The van der Waals surface area contributed by atoms with Crippen LogP contribution in [-0.4, -0.2) is 29.3 Å². The van der Waals surface area contributed by atoms with E-state index in [1.165, 1.54) is 12.1 Å². The molecule has 0 aromatic heterocycles. The SMILES string of the molecule is CC(Cl)C1CCN(C(=O)c2cccc(F)c2)CC1. The van der Waals surface area contributed by atoms with E-state index in [0.717, 1.165) is 12.8 Å². The average molecular weight is 270 g/mol. The van der Waals surface area contributed by atoms with Gasteiger partial charge in [0.05, 0.1) is 0 Å². The zero-order valence-electron chi connectivity index (χ0n) is 10.4. The number of nitrogens with zero attached hydrogens (tertiary/aromatic N) is 1. The number of amides is 1. The monoisotopic (exact) mass is 269 g/mol. The Balaban J connectivity index is 1.99. The molecule has 1 saturated heterocycles. The Kier molecular flexibility index (Phi) is 4.23. The number of piperidine rings is 1. The maximum atomic E-state index is 13.1. The molecule has 1 amide bonds. The lowest BCUT2D eigenvalue weighted by atomic mass is 9.93. The van der Waals surface area contributed by atoms with Gasteiger partial charge in [0.25, 0.3) is 5.91 Å². The molecule has 1 heterocycles. The lowest BCUT2D eigenvalue weighted by molar-refractivity contribution is 0.0689. The Morgan fingerprint density at radius 2 is 2.11 bits per heavy atom. The van der Waals surface area contributed by atoms with Crippen LogP contribution in [0.25, 0.3) is 0 Å². The molecule has 4 heteroatoms. The van der Waals surface area contributed by atoms with E-state index in [1.54, 1.807) is 17.0 Å². The number of alkyl halides is 1. The van der Waals surface area contributed by atoms with Crippen LogP contribution >= 0.6 is 11.6 Å². The maximum absolute atomic E-state index is 13.1. The molecule has 0 spiro atoms. The average Bonchev–Trinajstić information content (AvgIpc) is 2.38. The zero-order chi connectivity index (χ0) is 13.1. The number of carbonyl (C=O) groups is 1. The molecule has 1 aliphatic heterocycles. The van der Waals surface area contributed by atoms with Crippen molar-refractivity contribution in [2.45, 2.75) is 25.1 Å². The summed E-state index contributed by atoms with van der Waals surface area (Å²) in [5.74, 6) is 0.0171. The van der Waals surface area contributed by atoms with Gasteiger partial charge in [-0.2, -0.15) is 0 Å². The molecule has 0 radical (unpaired) electrons. The van der Waals surface area contributed by atoms with Crippen molar-refractivity contribution >= 4 is 17.5 Å². The van der Waals surface area contributed by atoms with Crippen molar-refractivity contribution in [3.05, 3.63) is 35.6 Å². The first-order valence-electron chi connectivity index (χ1n) is 6.27. The Morgan fingerprint density at radius 1 is 1.44 bits per heavy atom. The van der Waals surface area contributed by atoms with Crippen molar-refractivity contribution < 1.29 is 9.18 Å². The molecular weight excluding hydrogens is 253 g/mol. The van der Waals surface area contributed by atoms with Crippen LogP contribution in [0.1, 0.15) is 30.1 Å². The zero-order valence-corrected chi connectivity index (χ0v) is 11.2. The first-order chi connectivity index (χ1) is 8.58. The maximum Gasteiger partial charge on any atom is 0.253 e. The molecule has 2 nitrogen and oxygen atoms in total. The number of benzene rings is 1. The topological polar surface area (TPSA) is 20.3 Å². The number of halogens is 2. The number of hydrogen-bond donors (Lipinski definition) is 0. The highest BCUT2D eigenvalue weighted by atomic mass is 35.5. The lowest BCUT2D eigenvalue weighted by Gasteiger charge is -2.33. The Hall–Kier alpha value is -1.09. The number of hydrogen-bond acceptors (Lipinski definition) is 1. The van der Waals surface area contributed by atoms with Crippen LogP contribution in [0, 0.1) is 11.7 Å². The third-order valence-electron chi connectivity index (χ3n) is 3.55. The highest BCUT2D eigenvalue weighted by Gasteiger charge is 2.25. The summed E-state index contributed by atoms with van der Waals surface area (Å²) in [6.07, 6.45) is 1.84. The van der Waals surface area contributed by atoms with Gasteiger partial charge in [0.15, 0.2) is 0 Å². The molecule has 1 aliphatic rings. The fourth-order valence-electron chi connectivity index (χ4n) is 2.37. The minimum atomic E-state index is -0.370. The molecule has 98 valence electrons. The fraction of sp³-hybridized carbons (Fsp3) is 0.500. The number of carbonyl (C=O) groups excluding carboxylic acids is 1. The Labute approximate surface area is 112 Å². The summed E-state index contributed by atoms with van der Waals surface area (Å²) in [6.45, 7) is 3.41. The first kappa shape index (κ1) is 13.3. The molecule has 1 fully saturated rings. The van der Waals surface area contributed by atoms with E-state index >= 15 is 0 Å². The molecule has 1 aromatic carbocycles. The summed E-state index contributed by atoms with van der Waals surface area (Å²) < 4.78 is 13.1. The van der Waals surface area contributed by atoms with Gasteiger partial charge in [-0.3, -0.25) is 4.79 Å². The van der Waals surface area contributed by atoms with Crippen molar-refractivity contribution in [1.29, 1.82) is 0 Å². The number of rotatable bonds is 2. The van der Waals surface area contributed by atoms with Gasteiger partial charge in [-0.25, -0.2) is 4.39 Å². The van der Waals surface area contributed by atoms with Gasteiger partial charge >= 0.3 is 0 Å². The molecule has 0 aliphatic carbocycles. The Morgan fingerprint density at radius 3 is 2.67 bits per heavy atom. The van der Waals surface area contributed by atoms with Crippen LogP contribution in [0.3, 0.4) is 0 Å². The summed E-state index contributed by atoms with van der Waals surface area (Å²) >= 11 is 6.07. The van der Waals surface area contributed by atoms with Crippen molar-refractivity contribution in [2.24, 2.45) is 5.92 Å². The van der Waals surface area contributed by atoms with E-state index in [2.05, 4.69) is 0 Å². The van der Waals surface area contributed by atoms with Gasteiger partial charge in [0.2, 0.25) is 0 Å². The van der Waals surface area contributed by atoms with Gasteiger partial charge in [-0.05, 0) is 43.9 Å². The normalized spacial score (nSPS) is 18.7. The van der Waals surface area contributed by atoms with Gasteiger partial charge in [0, 0.05) is 24.0 Å². The third kappa shape index (κ3) is 3.02. The molecule has 0 bridgehead atoms. The summed E-state index contributed by atoms with van der Waals surface area (Å²) in [7, 11) is 0. The molecule has 0 N–H and O–H groups in total. The van der Waals surface area contributed by atoms with Crippen LogP contribution < -0.4 is 0 Å². The summed E-state index contributed by atoms with van der Waals surface area (Å²) in [5, 5.41) is 0.149. The standard InChI is InChI=1S/C14H17ClFNO/c1-10(15)11-5-7-17(8-6-11)14(18)12-3-2-4-13(16)9-12/h2-4,9-11H,5-8H2,1H3. The van der Waals surface area contributed by atoms with Crippen molar-refractivity contribution in [3.63, 3.8) is 0 Å². The van der Waals surface area contributed by atoms with Crippen molar-refractivity contribution in [1.82, 2.24) is 4.90 Å². The molecule has 1 atom stereocenters. The highest BCUT2D eigenvalue weighted by molar-refractivity contribution is 6.20. The Bertz CT molecular complexity index is 428. The summed E-state index contributed by atoms with van der Waals surface area (Å²) in [6, 6.07) is 5.86. The summed E-state index contributed by atoms with van der Waals surface area (Å²) in [4.78, 5) is 13.9. The van der Waals surface area contributed by atoms with E-state index in [4.69, 9.17) is 11.6 Å². The van der Waals surface area contributed by atoms with Crippen LogP contribution in [0.4, 0.5) is 4.39 Å². The highest BCUT2D eigenvalue weighted by Crippen LogP contribution is 2.24. The largest absolute Gasteiger partial charge is 0.339 e. The molecule has 0 saturated carbocycles. The van der Waals surface area contributed by atoms with Gasteiger partial charge < -0.3 is 4.90 Å². The predicted octanol–water partition coefficient (Wildman–Crippen LogP) is 3.31. The second-order valence-corrected chi connectivity index (χ2v) is 5.51. The first-order valence-corrected chi connectivity index (χ1v) is 6.70. The predicted molar refractivity (Wildman–Crippen MR) is 70.3 cm³/mol. The van der Waals surface area contributed by atoms with Crippen LogP contribution in [0.2, 0.25) is 0 Å². The smallest absolute Gasteiger partial charge is 0.253 e. The fourth-order valence-corrected chi connectivity index (χ4v) is 2.62. The van der Waals surface area contributed by atoms with Crippen molar-refractivity contribution in [2.75, 3.05) is 13.1 Å². The molecule has 18 heavy (non-hydrogen) atoms. The molecule has 2 rings (SSSR count). The van der Waals surface area contributed by atoms with E-state index in [0.29, 0.717) is 24.6 Å². The second kappa shape index (κ2) is 5.70. The quantitative estimate of drug-likeness (QED) is 0.755. The van der Waals surface area contributed by atoms with Crippen LogP contribution in [0.5, 0.6) is 0 Å². The van der Waals surface area contributed by atoms with Crippen LogP contribution in [-0.2, 0) is 0 Å². The second-order valence-electron chi connectivity index (χ2n) is 4.82. The molecule has 1 aromatic rings. The van der Waals surface area contributed by atoms with E-state index in [9.17, 15) is 9.18 Å². The van der Waals surface area contributed by atoms with Gasteiger partial charge in [-0.1, -0.05) is 6.07 Å². The third-order valence-corrected chi connectivity index (χ3v) is 3.90. The molecular formula is C14H17ClFNO. The molecule has 1 unspecified atom stereocenters.